The molecule has 1 aliphatic heterocycles. The minimum Gasteiger partial charge on any atom is -0.303 e. The Bertz CT molecular complexity index is 1310. The van der Waals surface area contributed by atoms with Crippen LogP contribution in [0.4, 0.5) is 10.3 Å². The SMILES string of the molecule is Cc1cn2nc(-c3cc(F)c4nc(NC(=O)CC5CCCN5C)nn4c3)cc(C)c2n1. The summed E-state index contributed by atoms with van der Waals surface area (Å²) in [6.45, 7) is 4.83. The predicted molar refractivity (Wildman–Crippen MR) is 113 cm³/mol. The van der Waals surface area contributed by atoms with Gasteiger partial charge >= 0.3 is 0 Å². The maximum atomic E-state index is 14.8. The van der Waals surface area contributed by atoms with Crippen molar-refractivity contribution in [2.75, 3.05) is 18.9 Å². The highest BCUT2D eigenvalue weighted by atomic mass is 19.1. The van der Waals surface area contributed by atoms with Crippen LogP contribution in [0.2, 0.25) is 0 Å². The number of pyridine rings is 1. The fraction of sp³-hybridized carbons (Fsp3) is 0.381. The summed E-state index contributed by atoms with van der Waals surface area (Å²) in [5, 5.41) is 11.5. The molecule has 0 aromatic carbocycles. The largest absolute Gasteiger partial charge is 0.303 e. The molecular formula is C21H23FN8O. The number of aromatic nitrogens is 6. The third-order valence-electron chi connectivity index (χ3n) is 5.76. The number of hydrogen-bond acceptors (Lipinski definition) is 6. The average Bonchev–Trinajstić information content (AvgIpc) is 3.40. The minimum atomic E-state index is -0.539. The number of hydrogen-bond donors (Lipinski definition) is 1. The first-order valence-corrected chi connectivity index (χ1v) is 10.3. The van der Waals surface area contributed by atoms with Crippen LogP contribution in [0.3, 0.4) is 0 Å². The number of carbonyl (C=O) groups excluding carboxylic acids is 1. The van der Waals surface area contributed by atoms with Gasteiger partial charge in [-0.15, -0.1) is 5.10 Å². The van der Waals surface area contributed by atoms with Gasteiger partial charge in [-0.3, -0.25) is 10.1 Å². The number of nitrogens with zero attached hydrogens (tertiary/aromatic N) is 7. The van der Waals surface area contributed by atoms with Crippen molar-refractivity contribution in [3.8, 4) is 11.3 Å². The second kappa shape index (κ2) is 7.38. The summed E-state index contributed by atoms with van der Waals surface area (Å²) in [7, 11) is 2.02. The van der Waals surface area contributed by atoms with Gasteiger partial charge in [-0.05, 0) is 58.0 Å². The molecule has 9 nitrogen and oxygen atoms in total. The van der Waals surface area contributed by atoms with Gasteiger partial charge in [0.2, 0.25) is 11.9 Å². The van der Waals surface area contributed by atoms with E-state index in [1.165, 1.54) is 10.6 Å². The molecule has 1 saturated heterocycles. The van der Waals surface area contributed by atoms with Gasteiger partial charge in [0.1, 0.15) is 0 Å². The van der Waals surface area contributed by atoms with E-state index < -0.39 is 5.82 Å². The number of amides is 1. The lowest BCUT2D eigenvalue weighted by Crippen LogP contribution is -2.29. The Morgan fingerprint density at radius 3 is 2.74 bits per heavy atom. The highest BCUT2D eigenvalue weighted by Crippen LogP contribution is 2.23. The first-order valence-electron chi connectivity index (χ1n) is 10.3. The number of likely N-dealkylation sites (tertiary alicyclic amines) is 1. The molecule has 4 aromatic rings. The molecule has 1 aliphatic rings. The molecule has 1 unspecified atom stereocenters. The van der Waals surface area contributed by atoms with E-state index in [1.54, 1.807) is 10.7 Å². The minimum absolute atomic E-state index is 0.0494. The van der Waals surface area contributed by atoms with Crippen molar-refractivity contribution >= 4 is 23.1 Å². The third kappa shape index (κ3) is 3.63. The first-order chi connectivity index (χ1) is 14.9. The smallest absolute Gasteiger partial charge is 0.249 e. The van der Waals surface area contributed by atoms with Crippen molar-refractivity contribution < 1.29 is 9.18 Å². The van der Waals surface area contributed by atoms with Crippen LogP contribution in [0.15, 0.2) is 24.5 Å². The van der Waals surface area contributed by atoms with E-state index in [1.807, 2.05) is 33.2 Å². The summed E-state index contributed by atoms with van der Waals surface area (Å²) in [4.78, 5) is 23.2. The Kier molecular flexibility index (Phi) is 4.66. The van der Waals surface area contributed by atoms with Crippen molar-refractivity contribution in [1.82, 2.24) is 34.1 Å². The quantitative estimate of drug-likeness (QED) is 0.544. The number of aryl methyl sites for hydroxylation is 2. The van der Waals surface area contributed by atoms with Crippen LogP contribution in [0, 0.1) is 19.7 Å². The highest BCUT2D eigenvalue weighted by Gasteiger charge is 2.24. The summed E-state index contributed by atoms with van der Waals surface area (Å²) in [5.74, 6) is -0.623. The zero-order valence-electron chi connectivity index (χ0n) is 17.6. The third-order valence-corrected chi connectivity index (χ3v) is 5.76. The standard InChI is InChI=1S/C21H23FN8O/c1-12-7-17(26-29-10-13(2)23-19(12)29)14-8-16(22)20-25-21(27-30(20)11-14)24-18(31)9-15-5-4-6-28(15)3/h7-8,10-11,15H,4-6,9H2,1-3H3,(H,24,27,31). The molecule has 0 aliphatic carbocycles. The molecular weight excluding hydrogens is 399 g/mol. The van der Waals surface area contributed by atoms with Crippen LogP contribution in [0.25, 0.3) is 22.6 Å². The molecule has 0 bridgehead atoms. The molecule has 31 heavy (non-hydrogen) atoms. The van der Waals surface area contributed by atoms with Crippen molar-refractivity contribution in [2.45, 2.75) is 39.2 Å². The second-order valence-corrected chi connectivity index (χ2v) is 8.17. The molecule has 10 heteroatoms. The van der Waals surface area contributed by atoms with Crippen molar-refractivity contribution in [2.24, 2.45) is 0 Å². The van der Waals surface area contributed by atoms with Crippen molar-refractivity contribution in [1.29, 1.82) is 0 Å². The number of fused-ring (bicyclic) bond motifs is 2. The van der Waals surface area contributed by atoms with E-state index in [4.69, 9.17) is 0 Å². The number of anilines is 1. The summed E-state index contributed by atoms with van der Waals surface area (Å²) < 4.78 is 17.8. The van der Waals surface area contributed by atoms with E-state index in [9.17, 15) is 9.18 Å². The molecule has 0 radical (unpaired) electrons. The van der Waals surface area contributed by atoms with Crippen LogP contribution in [0.1, 0.15) is 30.5 Å². The zero-order chi connectivity index (χ0) is 21.7. The molecule has 1 atom stereocenters. The van der Waals surface area contributed by atoms with Gasteiger partial charge in [-0.2, -0.15) is 10.1 Å². The van der Waals surface area contributed by atoms with Gasteiger partial charge in [0.05, 0.1) is 17.6 Å². The van der Waals surface area contributed by atoms with Crippen LogP contribution in [-0.2, 0) is 4.79 Å². The van der Waals surface area contributed by atoms with Crippen molar-refractivity contribution in [3.05, 3.63) is 41.6 Å². The number of imidazole rings is 1. The molecule has 1 N–H and O–H groups in total. The van der Waals surface area contributed by atoms with Crippen LogP contribution in [-0.4, -0.2) is 59.6 Å². The normalized spacial score (nSPS) is 17.1. The van der Waals surface area contributed by atoms with Gasteiger partial charge in [0, 0.05) is 24.2 Å². The Hall–Kier alpha value is -3.40. The Balaban J connectivity index is 1.44. The number of rotatable bonds is 4. The lowest BCUT2D eigenvalue weighted by Gasteiger charge is -2.17. The molecule has 160 valence electrons. The molecule has 1 amide bonds. The molecule has 0 saturated carbocycles. The maximum Gasteiger partial charge on any atom is 0.249 e. The van der Waals surface area contributed by atoms with E-state index in [0.29, 0.717) is 17.7 Å². The van der Waals surface area contributed by atoms with Gasteiger partial charge in [0.15, 0.2) is 17.1 Å². The Labute approximate surface area is 177 Å². The van der Waals surface area contributed by atoms with E-state index in [2.05, 4.69) is 30.4 Å². The van der Waals surface area contributed by atoms with E-state index in [0.717, 1.165) is 36.3 Å². The van der Waals surface area contributed by atoms with Crippen LogP contribution < -0.4 is 5.32 Å². The number of nitrogens with one attached hydrogen (secondary N) is 1. The monoisotopic (exact) mass is 422 g/mol. The lowest BCUT2D eigenvalue weighted by molar-refractivity contribution is -0.117. The first kappa shape index (κ1) is 19.6. The van der Waals surface area contributed by atoms with Crippen LogP contribution in [0.5, 0.6) is 0 Å². The number of carbonyl (C=O) groups is 1. The van der Waals surface area contributed by atoms with Crippen LogP contribution >= 0.6 is 0 Å². The molecule has 1 fully saturated rings. The number of halogens is 1. The summed E-state index contributed by atoms with van der Waals surface area (Å²) in [6, 6.07) is 3.46. The molecule has 5 rings (SSSR count). The maximum absolute atomic E-state index is 14.8. The molecule has 4 aromatic heterocycles. The topological polar surface area (TPSA) is 92.7 Å². The fourth-order valence-electron chi connectivity index (χ4n) is 4.15. The average molecular weight is 422 g/mol. The Morgan fingerprint density at radius 1 is 1.16 bits per heavy atom. The Morgan fingerprint density at radius 2 is 1.97 bits per heavy atom. The van der Waals surface area contributed by atoms with Gasteiger partial charge in [-0.1, -0.05) is 0 Å². The van der Waals surface area contributed by atoms with Gasteiger partial charge in [-0.25, -0.2) is 18.4 Å². The van der Waals surface area contributed by atoms with E-state index >= 15 is 0 Å². The summed E-state index contributed by atoms with van der Waals surface area (Å²) in [6.07, 6.45) is 5.93. The molecule has 5 heterocycles. The predicted octanol–water partition coefficient (Wildman–Crippen LogP) is 2.62. The van der Waals surface area contributed by atoms with Gasteiger partial charge < -0.3 is 4.90 Å². The summed E-state index contributed by atoms with van der Waals surface area (Å²) >= 11 is 0. The molecule has 0 spiro atoms. The zero-order valence-corrected chi connectivity index (χ0v) is 17.6. The second-order valence-electron chi connectivity index (χ2n) is 8.17. The highest BCUT2D eigenvalue weighted by molar-refractivity contribution is 5.89. The van der Waals surface area contributed by atoms with Gasteiger partial charge in [0.25, 0.3) is 0 Å². The van der Waals surface area contributed by atoms with E-state index in [-0.39, 0.29) is 23.5 Å². The lowest BCUT2D eigenvalue weighted by atomic mass is 10.1. The summed E-state index contributed by atoms with van der Waals surface area (Å²) in [5.41, 5.74) is 3.75. The fourth-order valence-corrected chi connectivity index (χ4v) is 4.15. The van der Waals surface area contributed by atoms with Crippen molar-refractivity contribution in [3.63, 3.8) is 0 Å².